The van der Waals surface area contributed by atoms with Crippen LogP contribution in [0.15, 0.2) is 24.5 Å². The molecule has 3 heteroatoms. The number of halogens is 1. The van der Waals surface area contributed by atoms with Crippen LogP contribution in [0, 0.1) is 0 Å². The molecule has 0 aliphatic carbocycles. The third-order valence-corrected chi connectivity index (χ3v) is 3.83. The number of aromatic nitrogens is 1. The van der Waals surface area contributed by atoms with E-state index in [-0.39, 0.29) is 0 Å². The van der Waals surface area contributed by atoms with Crippen molar-refractivity contribution in [1.82, 2.24) is 4.98 Å². The van der Waals surface area contributed by atoms with Gasteiger partial charge in [0.25, 0.3) is 0 Å². The summed E-state index contributed by atoms with van der Waals surface area (Å²) in [5.41, 5.74) is 0. The molecule has 1 nitrogen and oxygen atoms in total. The molecule has 0 aliphatic heterocycles. The molecular formula is C5H4ClNSn. The molecule has 0 amide bonds. The first kappa shape index (κ1) is 6.36. The number of rotatable bonds is 1. The molecule has 0 fully saturated rings. The Kier molecular flexibility index (Phi) is 2.62. The summed E-state index contributed by atoms with van der Waals surface area (Å²) < 4.78 is 1.28. The summed E-state index contributed by atoms with van der Waals surface area (Å²) >= 11 is -0.711. The van der Waals surface area contributed by atoms with Crippen molar-refractivity contribution in [3.05, 3.63) is 24.5 Å². The molecule has 0 atom stereocenters. The van der Waals surface area contributed by atoms with Crippen molar-refractivity contribution in [2.45, 2.75) is 0 Å². The summed E-state index contributed by atoms with van der Waals surface area (Å²) in [6.45, 7) is 0. The minimum absolute atomic E-state index is 0.711. The molecule has 8 heavy (non-hydrogen) atoms. The van der Waals surface area contributed by atoms with Crippen LogP contribution in [0.4, 0.5) is 0 Å². The topological polar surface area (TPSA) is 12.9 Å². The molecule has 0 aromatic carbocycles. The second-order valence-corrected chi connectivity index (χ2v) is 4.79. The Morgan fingerprint density at radius 1 is 1.38 bits per heavy atom. The van der Waals surface area contributed by atoms with E-state index < -0.39 is 20.0 Å². The van der Waals surface area contributed by atoms with Gasteiger partial charge in [-0.05, 0) is 0 Å². The van der Waals surface area contributed by atoms with Gasteiger partial charge in [0, 0.05) is 0 Å². The zero-order valence-electron chi connectivity index (χ0n) is 4.13. The van der Waals surface area contributed by atoms with Crippen LogP contribution in [-0.2, 0) is 0 Å². The Hall–Kier alpha value is 0.239. The van der Waals surface area contributed by atoms with Gasteiger partial charge in [0.05, 0.1) is 0 Å². The van der Waals surface area contributed by atoms with Crippen LogP contribution in [0.5, 0.6) is 0 Å². The summed E-state index contributed by atoms with van der Waals surface area (Å²) in [5, 5.41) is 0. The molecule has 0 bridgehead atoms. The van der Waals surface area contributed by atoms with E-state index in [9.17, 15) is 0 Å². The summed E-state index contributed by atoms with van der Waals surface area (Å²) in [7, 11) is 5.67. The van der Waals surface area contributed by atoms with Gasteiger partial charge in [-0.2, -0.15) is 0 Å². The van der Waals surface area contributed by atoms with Gasteiger partial charge in [-0.1, -0.05) is 0 Å². The molecule has 1 rings (SSSR count). The zero-order chi connectivity index (χ0) is 5.82. The Morgan fingerprint density at radius 3 is 2.38 bits per heavy atom. The van der Waals surface area contributed by atoms with Crippen molar-refractivity contribution in [3.63, 3.8) is 0 Å². The Balaban J connectivity index is 2.83. The molecule has 0 unspecified atom stereocenters. The van der Waals surface area contributed by atoms with Gasteiger partial charge < -0.3 is 0 Å². The summed E-state index contributed by atoms with van der Waals surface area (Å²) in [4.78, 5) is 3.86. The summed E-state index contributed by atoms with van der Waals surface area (Å²) in [6, 6.07) is 3.94. The van der Waals surface area contributed by atoms with Crippen LogP contribution in [0.3, 0.4) is 0 Å². The fraction of sp³-hybridized carbons (Fsp3) is 0. The normalized spacial score (nSPS) is 9.12. The van der Waals surface area contributed by atoms with E-state index in [1.54, 1.807) is 12.4 Å². The second kappa shape index (κ2) is 3.30. The molecule has 0 spiro atoms. The standard InChI is InChI=1S/C5H4N.ClH.Sn/c1-2-4-6-5-3-1;;/h2-5H;1H;/q;;+1/p-1. The van der Waals surface area contributed by atoms with Crippen molar-refractivity contribution >= 4 is 32.5 Å². The first-order valence-electron chi connectivity index (χ1n) is 2.20. The number of nitrogens with zero attached hydrogens (tertiary/aromatic N) is 1. The van der Waals surface area contributed by atoms with Crippen molar-refractivity contribution in [3.8, 4) is 0 Å². The van der Waals surface area contributed by atoms with Crippen molar-refractivity contribution in [1.29, 1.82) is 0 Å². The molecule has 0 aliphatic rings. The third-order valence-electron chi connectivity index (χ3n) is 0.789. The molecule has 1 aromatic rings. The SMILES string of the molecule is [Cl][Sn][c]1ccncc1. The van der Waals surface area contributed by atoms with Crippen molar-refractivity contribution in [2.75, 3.05) is 0 Å². The molecular weight excluding hydrogens is 228 g/mol. The predicted octanol–water partition coefficient (Wildman–Crippen LogP) is 0.565. The van der Waals surface area contributed by atoms with E-state index in [0.29, 0.717) is 0 Å². The van der Waals surface area contributed by atoms with Crippen LogP contribution < -0.4 is 3.58 Å². The van der Waals surface area contributed by atoms with E-state index >= 15 is 0 Å². The van der Waals surface area contributed by atoms with Gasteiger partial charge in [0.15, 0.2) is 0 Å². The maximum absolute atomic E-state index is 5.67. The Morgan fingerprint density at radius 2 is 2.00 bits per heavy atom. The van der Waals surface area contributed by atoms with Gasteiger partial charge in [-0.25, -0.2) is 0 Å². The van der Waals surface area contributed by atoms with Crippen molar-refractivity contribution in [2.24, 2.45) is 0 Å². The third kappa shape index (κ3) is 1.63. The van der Waals surface area contributed by atoms with Crippen LogP contribution in [0.1, 0.15) is 0 Å². The van der Waals surface area contributed by atoms with Gasteiger partial charge in [-0.15, -0.1) is 0 Å². The van der Waals surface area contributed by atoms with Gasteiger partial charge in [-0.3, -0.25) is 0 Å². The average Bonchev–Trinajstić information content (AvgIpc) is 1.90. The van der Waals surface area contributed by atoms with Gasteiger partial charge >= 0.3 is 62.0 Å². The molecule has 0 saturated heterocycles. The van der Waals surface area contributed by atoms with Gasteiger partial charge in [0.2, 0.25) is 0 Å². The number of hydrogen-bond donors (Lipinski definition) is 0. The number of hydrogen-bond acceptors (Lipinski definition) is 1. The van der Waals surface area contributed by atoms with Crippen LogP contribution in [0.25, 0.3) is 0 Å². The Labute approximate surface area is 62.0 Å². The monoisotopic (exact) mass is 233 g/mol. The van der Waals surface area contributed by atoms with Gasteiger partial charge in [0.1, 0.15) is 0 Å². The van der Waals surface area contributed by atoms with E-state index in [1.165, 1.54) is 3.58 Å². The molecule has 2 radical (unpaired) electrons. The second-order valence-electron chi connectivity index (χ2n) is 1.33. The predicted molar refractivity (Wildman–Crippen MR) is 35.5 cm³/mol. The number of pyridine rings is 1. The quantitative estimate of drug-likeness (QED) is 0.645. The molecule has 0 N–H and O–H groups in total. The van der Waals surface area contributed by atoms with Crippen LogP contribution in [-0.4, -0.2) is 25.0 Å². The van der Waals surface area contributed by atoms with Crippen LogP contribution in [0.2, 0.25) is 0 Å². The van der Waals surface area contributed by atoms with E-state index in [1.807, 2.05) is 12.1 Å². The first-order chi connectivity index (χ1) is 3.93. The molecule has 40 valence electrons. The summed E-state index contributed by atoms with van der Waals surface area (Å²) in [5.74, 6) is 0. The molecule has 1 heterocycles. The minimum atomic E-state index is -0.711. The van der Waals surface area contributed by atoms with Crippen molar-refractivity contribution < 1.29 is 0 Å². The Bertz CT molecular complexity index is 154. The van der Waals surface area contributed by atoms with E-state index in [2.05, 4.69) is 4.98 Å². The molecule has 0 saturated carbocycles. The zero-order valence-corrected chi connectivity index (χ0v) is 7.74. The molecule has 1 aromatic heterocycles. The van der Waals surface area contributed by atoms with E-state index in [0.717, 1.165) is 0 Å². The fourth-order valence-corrected chi connectivity index (χ4v) is 2.05. The average molecular weight is 232 g/mol. The van der Waals surface area contributed by atoms with E-state index in [4.69, 9.17) is 8.92 Å². The van der Waals surface area contributed by atoms with Crippen LogP contribution >= 0.6 is 8.92 Å². The summed E-state index contributed by atoms with van der Waals surface area (Å²) in [6.07, 6.45) is 3.55. The fourth-order valence-electron chi connectivity index (χ4n) is 0.415. The maximum atomic E-state index is 5.67. The first-order valence-corrected chi connectivity index (χ1v) is 7.24.